The Labute approximate surface area is 95.4 Å². The normalized spacial score (nSPS) is 47.8. The Morgan fingerprint density at radius 1 is 1.14 bits per heavy atom. The van der Waals surface area contributed by atoms with Crippen molar-refractivity contribution >= 4 is 15.9 Å². The maximum absolute atomic E-state index is 3.68. The summed E-state index contributed by atoms with van der Waals surface area (Å²) in [6.45, 7) is 1.38. The Balaban J connectivity index is 1.70. The van der Waals surface area contributed by atoms with Crippen LogP contribution in [0, 0.1) is 11.8 Å². The number of nitrogens with zero attached hydrogens (tertiary/aromatic N) is 1. The van der Waals surface area contributed by atoms with Gasteiger partial charge in [0, 0.05) is 17.4 Å². The maximum Gasteiger partial charge on any atom is 0.0196 e. The third kappa shape index (κ3) is 1.46. The summed E-state index contributed by atoms with van der Waals surface area (Å²) in [5, 5.41) is 1.20. The molecule has 4 atom stereocenters. The molecule has 2 heteroatoms. The SMILES string of the molecule is BrC[C@H]1CCCN1C1CC2CCC1C2. The van der Waals surface area contributed by atoms with Crippen LogP contribution in [0.1, 0.15) is 38.5 Å². The summed E-state index contributed by atoms with van der Waals surface area (Å²) in [5.74, 6) is 2.17. The van der Waals surface area contributed by atoms with Crippen LogP contribution in [0.4, 0.5) is 0 Å². The van der Waals surface area contributed by atoms with Crippen LogP contribution in [0.2, 0.25) is 0 Å². The molecular formula is C12H20BrN. The standard InChI is InChI=1S/C12H20BrN/c13-8-11-2-1-5-14(11)12-7-9-3-4-10(12)6-9/h9-12H,1-8H2/t9?,10?,11-,12?/m1/s1. The minimum atomic E-state index is 0.861. The van der Waals surface area contributed by atoms with Crippen LogP contribution >= 0.6 is 15.9 Å². The van der Waals surface area contributed by atoms with Gasteiger partial charge in [-0.15, -0.1) is 0 Å². The molecule has 0 aromatic heterocycles. The molecule has 0 amide bonds. The van der Waals surface area contributed by atoms with E-state index in [1.54, 1.807) is 6.42 Å². The van der Waals surface area contributed by atoms with Gasteiger partial charge in [0.15, 0.2) is 0 Å². The molecule has 3 fully saturated rings. The van der Waals surface area contributed by atoms with Crippen LogP contribution in [0.15, 0.2) is 0 Å². The lowest BCUT2D eigenvalue weighted by molar-refractivity contribution is 0.139. The van der Waals surface area contributed by atoms with E-state index in [1.165, 1.54) is 44.0 Å². The van der Waals surface area contributed by atoms with Crippen molar-refractivity contribution in [3.8, 4) is 0 Å². The molecule has 0 radical (unpaired) electrons. The van der Waals surface area contributed by atoms with E-state index in [1.807, 2.05) is 0 Å². The summed E-state index contributed by atoms with van der Waals surface area (Å²) in [5.41, 5.74) is 0. The highest BCUT2D eigenvalue weighted by Crippen LogP contribution is 2.48. The van der Waals surface area contributed by atoms with Gasteiger partial charge in [0.05, 0.1) is 0 Å². The third-order valence-corrected chi connectivity index (χ3v) is 5.47. The number of rotatable bonds is 2. The summed E-state index contributed by atoms with van der Waals surface area (Å²) in [6, 6.07) is 1.83. The van der Waals surface area contributed by atoms with Crippen molar-refractivity contribution in [2.75, 3.05) is 11.9 Å². The van der Waals surface area contributed by atoms with Gasteiger partial charge in [-0.2, -0.15) is 0 Å². The fourth-order valence-corrected chi connectivity index (χ4v) is 4.77. The van der Waals surface area contributed by atoms with E-state index in [-0.39, 0.29) is 0 Å². The van der Waals surface area contributed by atoms with Gasteiger partial charge in [-0.3, -0.25) is 4.90 Å². The van der Waals surface area contributed by atoms with Gasteiger partial charge < -0.3 is 0 Å². The average Bonchev–Trinajstić information content (AvgIpc) is 2.92. The van der Waals surface area contributed by atoms with Crippen molar-refractivity contribution in [1.29, 1.82) is 0 Å². The number of hydrogen-bond acceptors (Lipinski definition) is 1. The number of hydrogen-bond donors (Lipinski definition) is 0. The van der Waals surface area contributed by atoms with Gasteiger partial charge in [0.1, 0.15) is 0 Å². The number of likely N-dealkylation sites (tertiary alicyclic amines) is 1. The molecule has 3 unspecified atom stereocenters. The van der Waals surface area contributed by atoms with E-state index in [0.29, 0.717) is 0 Å². The van der Waals surface area contributed by atoms with Crippen molar-refractivity contribution in [3.05, 3.63) is 0 Å². The fourth-order valence-electron chi connectivity index (χ4n) is 4.08. The van der Waals surface area contributed by atoms with Crippen molar-refractivity contribution in [1.82, 2.24) is 4.90 Å². The molecule has 3 rings (SSSR count). The summed E-state index contributed by atoms with van der Waals surface area (Å²) in [7, 11) is 0. The monoisotopic (exact) mass is 257 g/mol. The molecule has 1 aliphatic heterocycles. The zero-order valence-electron chi connectivity index (χ0n) is 8.79. The van der Waals surface area contributed by atoms with Crippen LogP contribution in [-0.4, -0.2) is 28.9 Å². The number of alkyl halides is 1. The van der Waals surface area contributed by atoms with Crippen molar-refractivity contribution in [3.63, 3.8) is 0 Å². The van der Waals surface area contributed by atoms with Gasteiger partial charge in [-0.1, -0.05) is 22.4 Å². The van der Waals surface area contributed by atoms with Gasteiger partial charge in [-0.25, -0.2) is 0 Å². The van der Waals surface area contributed by atoms with Crippen LogP contribution in [0.25, 0.3) is 0 Å². The first kappa shape index (κ1) is 9.65. The Kier molecular flexibility index (Phi) is 2.61. The highest BCUT2D eigenvalue weighted by Gasteiger charge is 2.44. The molecule has 0 aromatic carbocycles. The van der Waals surface area contributed by atoms with E-state index in [4.69, 9.17) is 0 Å². The predicted octanol–water partition coefficient (Wildman–Crippen LogP) is 3.03. The highest BCUT2D eigenvalue weighted by molar-refractivity contribution is 9.09. The lowest BCUT2D eigenvalue weighted by Crippen LogP contribution is -2.42. The zero-order valence-corrected chi connectivity index (χ0v) is 10.4. The molecule has 1 nitrogen and oxygen atoms in total. The Hall–Kier alpha value is 0.440. The molecule has 80 valence electrons. The second-order valence-corrected chi connectivity index (χ2v) is 6.08. The first-order chi connectivity index (χ1) is 6.88. The summed E-state index contributed by atoms with van der Waals surface area (Å²) < 4.78 is 0. The Bertz CT molecular complexity index is 214. The van der Waals surface area contributed by atoms with Crippen LogP contribution in [0.5, 0.6) is 0 Å². The average molecular weight is 258 g/mol. The van der Waals surface area contributed by atoms with Crippen LogP contribution in [0.3, 0.4) is 0 Å². The van der Waals surface area contributed by atoms with E-state index < -0.39 is 0 Å². The molecular weight excluding hydrogens is 238 g/mol. The zero-order chi connectivity index (χ0) is 9.54. The Morgan fingerprint density at radius 3 is 2.71 bits per heavy atom. The van der Waals surface area contributed by atoms with Crippen LogP contribution in [-0.2, 0) is 0 Å². The second kappa shape index (κ2) is 3.79. The molecule has 14 heavy (non-hydrogen) atoms. The lowest BCUT2D eigenvalue weighted by Gasteiger charge is -2.35. The molecule has 1 heterocycles. The molecule has 2 bridgehead atoms. The first-order valence-electron chi connectivity index (χ1n) is 6.20. The smallest absolute Gasteiger partial charge is 0.0196 e. The predicted molar refractivity (Wildman–Crippen MR) is 62.8 cm³/mol. The molecule has 0 aromatic rings. The minimum Gasteiger partial charge on any atom is -0.296 e. The topological polar surface area (TPSA) is 3.24 Å². The molecule has 2 aliphatic carbocycles. The maximum atomic E-state index is 3.68. The van der Waals surface area contributed by atoms with Crippen molar-refractivity contribution in [2.45, 2.75) is 50.6 Å². The molecule has 2 saturated carbocycles. The van der Waals surface area contributed by atoms with E-state index >= 15 is 0 Å². The van der Waals surface area contributed by atoms with E-state index in [0.717, 1.165) is 23.9 Å². The van der Waals surface area contributed by atoms with E-state index in [9.17, 15) is 0 Å². The van der Waals surface area contributed by atoms with Crippen molar-refractivity contribution < 1.29 is 0 Å². The van der Waals surface area contributed by atoms with E-state index in [2.05, 4.69) is 20.8 Å². The van der Waals surface area contributed by atoms with Gasteiger partial charge >= 0.3 is 0 Å². The fraction of sp³-hybridized carbons (Fsp3) is 1.00. The lowest BCUT2D eigenvalue weighted by atomic mass is 9.93. The second-order valence-electron chi connectivity index (χ2n) is 5.43. The highest BCUT2D eigenvalue weighted by atomic mass is 79.9. The van der Waals surface area contributed by atoms with Gasteiger partial charge in [0.2, 0.25) is 0 Å². The summed E-state index contributed by atoms with van der Waals surface area (Å²) in [6.07, 6.45) is 9.00. The first-order valence-corrected chi connectivity index (χ1v) is 7.32. The third-order valence-electron chi connectivity index (χ3n) is 4.73. The molecule has 1 saturated heterocycles. The summed E-state index contributed by atoms with van der Waals surface area (Å²) >= 11 is 3.68. The largest absolute Gasteiger partial charge is 0.296 e. The van der Waals surface area contributed by atoms with Crippen molar-refractivity contribution in [2.24, 2.45) is 11.8 Å². The molecule has 0 spiro atoms. The van der Waals surface area contributed by atoms with Gasteiger partial charge in [0.25, 0.3) is 0 Å². The molecule has 3 aliphatic rings. The number of fused-ring (bicyclic) bond motifs is 2. The Morgan fingerprint density at radius 2 is 2.07 bits per heavy atom. The van der Waals surface area contributed by atoms with Gasteiger partial charge in [-0.05, 0) is 50.5 Å². The quantitative estimate of drug-likeness (QED) is 0.688. The number of halogens is 1. The summed E-state index contributed by atoms with van der Waals surface area (Å²) in [4.78, 5) is 2.83. The van der Waals surface area contributed by atoms with Crippen LogP contribution < -0.4 is 0 Å². The minimum absolute atomic E-state index is 0.861. The molecule has 0 N–H and O–H groups in total.